The van der Waals surface area contributed by atoms with Gasteiger partial charge in [0.2, 0.25) is 0 Å². The lowest BCUT2D eigenvalue weighted by molar-refractivity contribution is 0.146. The summed E-state index contributed by atoms with van der Waals surface area (Å²) in [5.41, 5.74) is 3.70. The van der Waals surface area contributed by atoms with Crippen molar-refractivity contribution >= 4 is 0 Å². The van der Waals surface area contributed by atoms with E-state index < -0.39 is 0 Å². The van der Waals surface area contributed by atoms with E-state index >= 15 is 0 Å². The van der Waals surface area contributed by atoms with Crippen LogP contribution in [0.1, 0.15) is 12.8 Å². The van der Waals surface area contributed by atoms with Gasteiger partial charge in [0.25, 0.3) is 0 Å². The van der Waals surface area contributed by atoms with Crippen molar-refractivity contribution in [3.05, 3.63) is 0 Å². The Morgan fingerprint density at radius 1 is 1.45 bits per heavy atom. The van der Waals surface area contributed by atoms with Gasteiger partial charge in [-0.15, -0.1) is 0 Å². The topological polar surface area (TPSA) is 24.5 Å². The molecule has 2 fully saturated rings. The van der Waals surface area contributed by atoms with Gasteiger partial charge in [0, 0.05) is 25.1 Å². The zero-order valence-electron chi connectivity index (χ0n) is 7.10. The van der Waals surface area contributed by atoms with Crippen LogP contribution in [-0.4, -0.2) is 38.4 Å². The molecule has 0 bridgehead atoms. The number of rotatable bonds is 1. The molecule has 0 aromatic carbocycles. The van der Waals surface area contributed by atoms with Crippen molar-refractivity contribution in [2.24, 2.45) is 5.41 Å². The third-order valence-electron chi connectivity index (χ3n) is 2.94. The monoisotopic (exact) mass is 156 g/mol. The number of ether oxygens (including phenoxy) is 1. The summed E-state index contributed by atoms with van der Waals surface area (Å²) in [6.45, 7) is 4.30. The summed E-state index contributed by atoms with van der Waals surface area (Å²) >= 11 is 0. The number of hydrogen-bond donors (Lipinski definition) is 1. The molecule has 2 rings (SSSR count). The molecule has 2 heterocycles. The minimum atomic E-state index is 0.503. The van der Waals surface area contributed by atoms with Gasteiger partial charge in [-0.05, 0) is 19.9 Å². The smallest absolute Gasteiger partial charge is 0.0536 e. The molecule has 0 aromatic heterocycles. The lowest BCUT2D eigenvalue weighted by Crippen LogP contribution is -2.35. The van der Waals surface area contributed by atoms with Gasteiger partial charge in [-0.3, -0.25) is 5.43 Å². The van der Waals surface area contributed by atoms with Crippen LogP contribution in [0.25, 0.3) is 0 Å². The molecule has 0 aromatic rings. The van der Waals surface area contributed by atoms with Crippen molar-refractivity contribution in [3.8, 4) is 0 Å². The van der Waals surface area contributed by atoms with Gasteiger partial charge in [0.15, 0.2) is 0 Å². The summed E-state index contributed by atoms with van der Waals surface area (Å²) in [4.78, 5) is 0. The van der Waals surface area contributed by atoms with Crippen molar-refractivity contribution in [3.63, 3.8) is 0 Å². The van der Waals surface area contributed by atoms with E-state index in [4.69, 9.17) is 4.74 Å². The molecule has 11 heavy (non-hydrogen) atoms. The minimum Gasteiger partial charge on any atom is -0.381 e. The molecule has 1 unspecified atom stereocenters. The molecule has 1 N–H and O–H groups in total. The molecule has 0 radical (unpaired) electrons. The Kier molecular flexibility index (Phi) is 1.87. The molecule has 3 nitrogen and oxygen atoms in total. The summed E-state index contributed by atoms with van der Waals surface area (Å²) in [7, 11) is 1.99. The van der Waals surface area contributed by atoms with Gasteiger partial charge in [-0.25, -0.2) is 5.01 Å². The van der Waals surface area contributed by atoms with Crippen LogP contribution in [-0.2, 0) is 4.74 Å². The fraction of sp³-hybridized carbons (Fsp3) is 1.00. The van der Waals surface area contributed by atoms with Crippen LogP contribution >= 0.6 is 0 Å². The molecule has 3 heteroatoms. The van der Waals surface area contributed by atoms with Crippen LogP contribution in [0, 0.1) is 5.41 Å². The molecule has 64 valence electrons. The Bertz CT molecular complexity index is 143. The molecule has 2 aliphatic rings. The predicted molar refractivity (Wildman–Crippen MR) is 43.1 cm³/mol. The van der Waals surface area contributed by atoms with Crippen LogP contribution in [0.4, 0.5) is 0 Å². The van der Waals surface area contributed by atoms with E-state index in [1.54, 1.807) is 0 Å². The normalized spacial score (nSPS) is 39.0. The number of hydrogen-bond acceptors (Lipinski definition) is 3. The Hall–Kier alpha value is -0.120. The van der Waals surface area contributed by atoms with Crippen LogP contribution < -0.4 is 5.43 Å². The number of hydrazine groups is 1. The molecular formula is C8H16N2O. The minimum absolute atomic E-state index is 0.503. The third-order valence-corrected chi connectivity index (χ3v) is 2.94. The second kappa shape index (κ2) is 2.73. The Balaban J connectivity index is 1.96. The van der Waals surface area contributed by atoms with Gasteiger partial charge in [0.1, 0.15) is 0 Å². The van der Waals surface area contributed by atoms with E-state index in [2.05, 4.69) is 10.4 Å². The highest BCUT2D eigenvalue weighted by atomic mass is 16.5. The van der Waals surface area contributed by atoms with Crippen molar-refractivity contribution in [1.29, 1.82) is 0 Å². The Morgan fingerprint density at radius 2 is 2.36 bits per heavy atom. The van der Waals surface area contributed by atoms with Gasteiger partial charge < -0.3 is 4.74 Å². The van der Waals surface area contributed by atoms with Crippen molar-refractivity contribution in [1.82, 2.24) is 10.4 Å². The molecule has 2 aliphatic heterocycles. The van der Waals surface area contributed by atoms with E-state index in [1.807, 2.05) is 7.05 Å². The Morgan fingerprint density at radius 3 is 2.91 bits per heavy atom. The maximum atomic E-state index is 5.42. The number of nitrogens with one attached hydrogen (secondary N) is 1. The third kappa shape index (κ3) is 1.28. The van der Waals surface area contributed by atoms with Gasteiger partial charge in [-0.1, -0.05) is 0 Å². The van der Waals surface area contributed by atoms with E-state index in [9.17, 15) is 0 Å². The van der Waals surface area contributed by atoms with Crippen LogP contribution in [0.3, 0.4) is 0 Å². The molecule has 0 amide bonds. The average Bonchev–Trinajstić information content (AvgIpc) is 2.62. The SMILES string of the molecule is CNN1CCC2(CCOC2)C1. The van der Waals surface area contributed by atoms with Crippen molar-refractivity contribution in [2.75, 3.05) is 33.4 Å². The largest absolute Gasteiger partial charge is 0.381 e. The summed E-state index contributed by atoms with van der Waals surface area (Å²) in [6.07, 6.45) is 2.55. The van der Waals surface area contributed by atoms with Gasteiger partial charge >= 0.3 is 0 Å². The Labute approximate surface area is 67.7 Å². The molecule has 1 atom stereocenters. The molecule has 0 saturated carbocycles. The highest BCUT2D eigenvalue weighted by molar-refractivity contribution is 4.90. The fourth-order valence-corrected chi connectivity index (χ4v) is 2.10. The van der Waals surface area contributed by atoms with E-state index in [1.165, 1.54) is 25.9 Å². The average molecular weight is 156 g/mol. The van der Waals surface area contributed by atoms with E-state index in [0.717, 1.165) is 13.2 Å². The first-order chi connectivity index (χ1) is 5.35. The first-order valence-corrected chi connectivity index (χ1v) is 4.35. The van der Waals surface area contributed by atoms with Crippen LogP contribution in [0.2, 0.25) is 0 Å². The van der Waals surface area contributed by atoms with Crippen LogP contribution in [0.15, 0.2) is 0 Å². The van der Waals surface area contributed by atoms with Crippen molar-refractivity contribution < 1.29 is 4.74 Å². The quantitative estimate of drug-likeness (QED) is 0.588. The molecular weight excluding hydrogens is 140 g/mol. The highest BCUT2D eigenvalue weighted by Crippen LogP contribution is 2.37. The van der Waals surface area contributed by atoms with Crippen molar-refractivity contribution in [2.45, 2.75) is 12.8 Å². The lowest BCUT2D eigenvalue weighted by Gasteiger charge is -2.20. The summed E-state index contributed by atoms with van der Waals surface area (Å²) in [5.74, 6) is 0. The van der Waals surface area contributed by atoms with Gasteiger partial charge in [0.05, 0.1) is 6.61 Å². The molecule has 0 aliphatic carbocycles. The summed E-state index contributed by atoms with van der Waals surface area (Å²) < 4.78 is 5.42. The first-order valence-electron chi connectivity index (χ1n) is 4.35. The van der Waals surface area contributed by atoms with E-state index in [-0.39, 0.29) is 0 Å². The fourth-order valence-electron chi connectivity index (χ4n) is 2.10. The summed E-state index contributed by atoms with van der Waals surface area (Å²) in [5, 5.41) is 2.29. The number of nitrogens with zero attached hydrogens (tertiary/aromatic N) is 1. The maximum Gasteiger partial charge on any atom is 0.0536 e. The zero-order valence-corrected chi connectivity index (χ0v) is 7.10. The summed E-state index contributed by atoms with van der Waals surface area (Å²) in [6, 6.07) is 0. The second-order valence-electron chi connectivity index (χ2n) is 3.70. The standard InChI is InChI=1S/C8H16N2O/c1-9-10-4-2-8(6-10)3-5-11-7-8/h9H,2-7H2,1H3. The highest BCUT2D eigenvalue weighted by Gasteiger charge is 2.40. The van der Waals surface area contributed by atoms with Gasteiger partial charge in [-0.2, -0.15) is 0 Å². The first kappa shape index (κ1) is 7.53. The van der Waals surface area contributed by atoms with Crippen LogP contribution in [0.5, 0.6) is 0 Å². The second-order valence-corrected chi connectivity index (χ2v) is 3.70. The lowest BCUT2D eigenvalue weighted by atomic mass is 9.87. The molecule has 1 spiro atoms. The zero-order chi connectivity index (χ0) is 7.73. The molecule has 2 saturated heterocycles. The van der Waals surface area contributed by atoms with E-state index in [0.29, 0.717) is 5.41 Å². The maximum absolute atomic E-state index is 5.42. The predicted octanol–water partition coefficient (Wildman–Crippen LogP) is 0.233.